The van der Waals surface area contributed by atoms with E-state index in [9.17, 15) is 9.59 Å². The molecule has 0 aliphatic rings. The van der Waals surface area contributed by atoms with Crippen LogP contribution in [0.3, 0.4) is 0 Å². The molecule has 150 valence electrons. The zero-order chi connectivity index (χ0) is 20.6. The van der Waals surface area contributed by atoms with Gasteiger partial charge in [0.25, 0.3) is 5.91 Å². The summed E-state index contributed by atoms with van der Waals surface area (Å²) in [5.74, 6) is 0.151. The van der Waals surface area contributed by atoms with Crippen molar-refractivity contribution in [2.45, 2.75) is 20.3 Å². The van der Waals surface area contributed by atoms with Crippen LogP contribution in [0.2, 0.25) is 0 Å². The second kappa shape index (κ2) is 9.84. The molecule has 1 aromatic heterocycles. The Morgan fingerprint density at radius 2 is 1.79 bits per heavy atom. The van der Waals surface area contributed by atoms with Crippen LogP contribution in [-0.4, -0.2) is 30.2 Å². The predicted molar refractivity (Wildman–Crippen MR) is 112 cm³/mol. The van der Waals surface area contributed by atoms with Gasteiger partial charge in [-0.25, -0.2) is 9.78 Å². The number of hydrogen-bond acceptors (Lipinski definition) is 6. The van der Waals surface area contributed by atoms with E-state index in [0.29, 0.717) is 17.9 Å². The summed E-state index contributed by atoms with van der Waals surface area (Å²) in [5, 5.41) is 5.99. The minimum atomic E-state index is -0.763. The van der Waals surface area contributed by atoms with Crippen molar-refractivity contribution in [3.8, 4) is 17.0 Å². The lowest BCUT2D eigenvalue weighted by atomic mass is 10.1. The largest absolute Gasteiger partial charge is 0.513 e. The van der Waals surface area contributed by atoms with E-state index in [2.05, 4.69) is 22.4 Å². The minimum absolute atomic E-state index is 0.178. The number of hydrogen-bond donors (Lipinski definition) is 1. The summed E-state index contributed by atoms with van der Waals surface area (Å²) in [6.07, 6.45) is -0.0350. The van der Waals surface area contributed by atoms with Gasteiger partial charge in [-0.15, -0.1) is 11.3 Å². The van der Waals surface area contributed by atoms with Gasteiger partial charge in [0.1, 0.15) is 5.75 Å². The van der Waals surface area contributed by atoms with Gasteiger partial charge in [-0.05, 0) is 50.1 Å². The van der Waals surface area contributed by atoms with E-state index in [-0.39, 0.29) is 12.5 Å². The van der Waals surface area contributed by atoms with Crippen LogP contribution in [0.4, 0.5) is 4.79 Å². The molecular weight excluding hydrogens is 388 g/mol. The first-order valence-electron chi connectivity index (χ1n) is 9.29. The van der Waals surface area contributed by atoms with Crippen molar-refractivity contribution in [2.75, 3.05) is 13.2 Å². The Kier molecular flexibility index (Phi) is 6.97. The van der Waals surface area contributed by atoms with Gasteiger partial charge in [0.05, 0.1) is 17.3 Å². The Hall–Kier alpha value is -3.19. The van der Waals surface area contributed by atoms with Crippen LogP contribution in [0, 0.1) is 6.92 Å². The molecule has 3 aromatic rings. The SMILES string of the molecule is CCOC(=O)Oc1ccc(C(=O)NCCc2ccc(-c3csc(C)n3)cc2)cc1. The number of nitrogens with one attached hydrogen (secondary N) is 1. The third kappa shape index (κ3) is 5.89. The Labute approximate surface area is 173 Å². The molecule has 0 saturated carbocycles. The summed E-state index contributed by atoms with van der Waals surface area (Å²) in [6, 6.07) is 14.5. The molecule has 3 rings (SSSR count). The van der Waals surface area contributed by atoms with E-state index < -0.39 is 6.16 Å². The van der Waals surface area contributed by atoms with Crippen molar-refractivity contribution >= 4 is 23.4 Å². The summed E-state index contributed by atoms with van der Waals surface area (Å²) in [4.78, 5) is 28.0. The highest BCUT2D eigenvalue weighted by Crippen LogP contribution is 2.21. The lowest BCUT2D eigenvalue weighted by Gasteiger charge is -2.07. The van der Waals surface area contributed by atoms with Crippen LogP contribution in [0.1, 0.15) is 27.9 Å². The highest BCUT2D eigenvalue weighted by molar-refractivity contribution is 7.09. The van der Waals surface area contributed by atoms with Crippen molar-refractivity contribution in [2.24, 2.45) is 0 Å². The molecule has 0 saturated heterocycles. The summed E-state index contributed by atoms with van der Waals surface area (Å²) in [5.41, 5.74) is 3.71. The maximum atomic E-state index is 12.3. The Morgan fingerprint density at radius 1 is 1.07 bits per heavy atom. The summed E-state index contributed by atoms with van der Waals surface area (Å²) in [7, 11) is 0. The number of nitrogens with zero attached hydrogens (tertiary/aromatic N) is 1. The summed E-state index contributed by atoms with van der Waals surface area (Å²) in [6.45, 7) is 4.46. The van der Waals surface area contributed by atoms with Crippen molar-refractivity contribution in [3.05, 3.63) is 70.0 Å². The van der Waals surface area contributed by atoms with Gasteiger partial charge in [-0.2, -0.15) is 0 Å². The fourth-order valence-corrected chi connectivity index (χ4v) is 3.30. The molecule has 1 amide bonds. The lowest BCUT2D eigenvalue weighted by molar-refractivity contribution is 0.0954. The number of carbonyl (C=O) groups is 2. The van der Waals surface area contributed by atoms with Crippen LogP contribution in [0.5, 0.6) is 5.75 Å². The van der Waals surface area contributed by atoms with Crippen LogP contribution >= 0.6 is 11.3 Å². The maximum Gasteiger partial charge on any atom is 0.513 e. The van der Waals surface area contributed by atoms with Crippen LogP contribution in [0.25, 0.3) is 11.3 Å². The van der Waals surface area contributed by atoms with Gasteiger partial charge in [0.2, 0.25) is 0 Å². The number of rotatable bonds is 7. The molecule has 0 aliphatic heterocycles. The van der Waals surface area contributed by atoms with Crippen molar-refractivity contribution in [1.29, 1.82) is 0 Å². The third-order valence-corrected chi connectivity index (χ3v) is 4.92. The van der Waals surface area contributed by atoms with Gasteiger partial charge in [-0.3, -0.25) is 4.79 Å². The number of ether oxygens (including phenoxy) is 2. The van der Waals surface area contributed by atoms with E-state index in [1.165, 1.54) is 0 Å². The quantitative estimate of drug-likeness (QED) is 0.454. The van der Waals surface area contributed by atoms with E-state index in [0.717, 1.165) is 28.2 Å². The number of aryl methyl sites for hydroxylation is 1. The highest BCUT2D eigenvalue weighted by atomic mass is 32.1. The number of benzene rings is 2. The van der Waals surface area contributed by atoms with Gasteiger partial charge < -0.3 is 14.8 Å². The molecule has 29 heavy (non-hydrogen) atoms. The topological polar surface area (TPSA) is 77.5 Å². The van der Waals surface area contributed by atoms with Crippen molar-refractivity contribution in [3.63, 3.8) is 0 Å². The van der Waals surface area contributed by atoms with Crippen LogP contribution < -0.4 is 10.1 Å². The number of aromatic nitrogens is 1. The van der Waals surface area contributed by atoms with E-state index in [1.54, 1.807) is 42.5 Å². The molecular formula is C22H22N2O4S. The number of thiazole rings is 1. The average molecular weight is 410 g/mol. The third-order valence-electron chi connectivity index (χ3n) is 4.15. The van der Waals surface area contributed by atoms with Gasteiger partial charge in [0, 0.05) is 23.1 Å². The Bertz CT molecular complexity index is 965. The summed E-state index contributed by atoms with van der Waals surface area (Å²) >= 11 is 1.63. The first-order valence-corrected chi connectivity index (χ1v) is 10.2. The van der Waals surface area contributed by atoms with Crippen LogP contribution in [-0.2, 0) is 11.2 Å². The van der Waals surface area contributed by atoms with E-state index in [4.69, 9.17) is 9.47 Å². The number of amides is 1. The average Bonchev–Trinajstić information content (AvgIpc) is 3.15. The molecule has 0 fully saturated rings. The van der Waals surface area contributed by atoms with Gasteiger partial charge in [-0.1, -0.05) is 24.3 Å². The normalized spacial score (nSPS) is 10.4. The molecule has 0 aliphatic carbocycles. The molecule has 0 unspecified atom stereocenters. The fraction of sp³-hybridized carbons (Fsp3) is 0.227. The molecule has 0 spiro atoms. The Balaban J connectivity index is 1.47. The van der Waals surface area contributed by atoms with Crippen LogP contribution in [0.15, 0.2) is 53.9 Å². The molecule has 0 bridgehead atoms. The van der Waals surface area contributed by atoms with E-state index in [1.807, 2.05) is 24.4 Å². The fourth-order valence-electron chi connectivity index (χ4n) is 2.68. The van der Waals surface area contributed by atoms with E-state index >= 15 is 0 Å². The predicted octanol–water partition coefficient (Wildman–Crippen LogP) is 4.63. The molecule has 1 heterocycles. The molecule has 1 N–H and O–H groups in total. The zero-order valence-corrected chi connectivity index (χ0v) is 17.1. The molecule has 2 aromatic carbocycles. The smallest absolute Gasteiger partial charge is 0.434 e. The highest BCUT2D eigenvalue weighted by Gasteiger charge is 2.08. The lowest BCUT2D eigenvalue weighted by Crippen LogP contribution is -2.25. The monoisotopic (exact) mass is 410 g/mol. The maximum absolute atomic E-state index is 12.3. The molecule has 6 nitrogen and oxygen atoms in total. The molecule has 7 heteroatoms. The summed E-state index contributed by atoms with van der Waals surface area (Å²) < 4.78 is 9.68. The van der Waals surface area contributed by atoms with Gasteiger partial charge >= 0.3 is 6.16 Å². The molecule has 0 radical (unpaired) electrons. The van der Waals surface area contributed by atoms with Gasteiger partial charge in [0.15, 0.2) is 0 Å². The Morgan fingerprint density at radius 3 is 2.41 bits per heavy atom. The first kappa shape index (κ1) is 20.5. The minimum Gasteiger partial charge on any atom is -0.434 e. The second-order valence-electron chi connectivity index (χ2n) is 6.26. The van der Waals surface area contributed by atoms with Crippen molar-refractivity contribution < 1.29 is 19.1 Å². The van der Waals surface area contributed by atoms with Crippen molar-refractivity contribution in [1.82, 2.24) is 10.3 Å². The standard InChI is InChI=1S/C22H22N2O4S/c1-3-27-22(26)28-19-10-8-18(9-11-19)21(25)23-13-12-16-4-6-17(7-5-16)20-14-29-15(2)24-20/h4-11,14H,3,12-13H2,1-2H3,(H,23,25). The second-order valence-corrected chi connectivity index (χ2v) is 7.33. The number of carbonyl (C=O) groups excluding carboxylic acids is 2. The molecule has 0 atom stereocenters. The first-order chi connectivity index (χ1) is 14.0. The zero-order valence-electron chi connectivity index (χ0n) is 16.3.